The maximum atomic E-state index is 5.91. The first-order valence-electron chi connectivity index (χ1n) is 32.3. The molecule has 2 aliphatic heterocycles. The van der Waals surface area contributed by atoms with Crippen LogP contribution in [0.4, 0.5) is 34.1 Å². The Kier molecular flexibility index (Phi) is 14.6. The Balaban J connectivity index is 1.12. The molecule has 11 aromatic carbocycles. The fourth-order valence-electron chi connectivity index (χ4n) is 13.4. The normalized spacial score (nSPS) is 13.0. The predicted molar refractivity (Wildman–Crippen MR) is 389 cm³/mol. The Morgan fingerprint density at radius 3 is 0.846 bits per heavy atom. The second-order valence-corrected chi connectivity index (χ2v) is 29.2. The highest BCUT2D eigenvalue weighted by Gasteiger charge is 2.44. The van der Waals surface area contributed by atoms with Crippen molar-refractivity contribution in [2.24, 2.45) is 0 Å². The number of anilines is 6. The number of fused-ring (bicyclic) bond motifs is 4. The van der Waals surface area contributed by atoms with Crippen LogP contribution in [0.15, 0.2) is 261 Å². The molecule has 4 nitrogen and oxygen atoms in total. The van der Waals surface area contributed by atoms with Crippen LogP contribution < -0.4 is 26.2 Å². The van der Waals surface area contributed by atoms with Gasteiger partial charge in [0.2, 0.25) is 0 Å². The van der Waals surface area contributed by atoms with Gasteiger partial charge in [0.15, 0.2) is 5.82 Å². The van der Waals surface area contributed by atoms with E-state index < -0.39 is 0 Å². The fraction of sp³-hybridized carbons (Fsp3) is 0.186. The zero-order valence-corrected chi connectivity index (χ0v) is 54.7. The molecule has 0 atom stereocenters. The summed E-state index contributed by atoms with van der Waals surface area (Å²) in [6.45, 7) is 28.0. The van der Waals surface area contributed by atoms with E-state index in [-0.39, 0.29) is 28.4 Å². The fourth-order valence-corrected chi connectivity index (χ4v) is 13.4. The summed E-state index contributed by atoms with van der Waals surface area (Å²) in [6.07, 6.45) is 0. The minimum atomic E-state index is -0.130. The Morgan fingerprint density at radius 1 is 0.253 bits per heavy atom. The summed E-state index contributed by atoms with van der Waals surface area (Å²) in [6, 6.07) is 96.9. The average molecular weight is 1180 g/mol. The monoisotopic (exact) mass is 1180 g/mol. The molecular weight excluding hydrogens is 1100 g/mol. The molecule has 0 saturated heterocycles. The van der Waals surface area contributed by atoms with Crippen molar-refractivity contribution < 1.29 is 0 Å². The van der Waals surface area contributed by atoms with Gasteiger partial charge in [-0.15, -0.1) is 0 Å². The van der Waals surface area contributed by atoms with Crippen LogP contribution in [0.1, 0.15) is 105 Å². The summed E-state index contributed by atoms with van der Waals surface area (Å²) in [4.78, 5) is 17.0. The van der Waals surface area contributed by atoms with Gasteiger partial charge in [-0.05, 0) is 196 Å². The van der Waals surface area contributed by atoms with Crippen LogP contribution in [0.3, 0.4) is 0 Å². The van der Waals surface area contributed by atoms with Crippen LogP contribution in [0.25, 0.3) is 78.4 Å². The molecular formula is C86H79BN4. The van der Waals surface area contributed by atoms with Gasteiger partial charge in [0, 0.05) is 50.8 Å². The number of para-hydroxylation sites is 2. The summed E-state index contributed by atoms with van der Waals surface area (Å²) in [5, 5.41) is 0. The summed E-state index contributed by atoms with van der Waals surface area (Å²) in [5.74, 6) is 0.635. The zero-order chi connectivity index (χ0) is 63.1. The first-order valence-corrected chi connectivity index (χ1v) is 32.3. The van der Waals surface area contributed by atoms with Gasteiger partial charge in [0.05, 0.1) is 11.4 Å². The van der Waals surface area contributed by atoms with E-state index >= 15 is 0 Å². The number of benzene rings is 11. The minimum absolute atomic E-state index is 0.0863. The Hall–Kier alpha value is -9.84. The average Bonchev–Trinajstić information content (AvgIpc) is 0.699. The lowest BCUT2D eigenvalue weighted by Gasteiger charge is -2.45. The highest BCUT2D eigenvalue weighted by atomic mass is 15.2. The van der Waals surface area contributed by atoms with Crippen LogP contribution in [0, 0.1) is 0 Å². The van der Waals surface area contributed by atoms with Crippen LogP contribution in [0.2, 0.25) is 0 Å². The largest absolute Gasteiger partial charge is 0.311 e. The molecule has 0 bridgehead atoms. The Bertz CT molecular complexity index is 4260. The maximum absolute atomic E-state index is 5.91. The van der Waals surface area contributed by atoms with E-state index in [2.05, 4.69) is 354 Å². The first kappa shape index (κ1) is 58.8. The van der Waals surface area contributed by atoms with Crippen LogP contribution >= 0.6 is 0 Å². The number of hydrogen-bond donors (Lipinski definition) is 0. The molecule has 91 heavy (non-hydrogen) atoms. The molecule has 5 heteroatoms. The van der Waals surface area contributed by atoms with Crippen molar-refractivity contribution in [3.05, 3.63) is 283 Å². The lowest BCUT2D eigenvalue weighted by atomic mass is 9.33. The quantitative estimate of drug-likeness (QED) is 0.135. The Morgan fingerprint density at radius 2 is 0.538 bits per heavy atom. The SMILES string of the molecule is CC(C)(C)c1cc(N2c3ccccc3B3c4ccccc4N(c4cc(C(C)(C)C)cc(C(C)(C)C)c4)c4cc(-c5nc(-c6cc(-c7ccccc7)cc(-c7ccccc7)c6)cc(-c6cc(-c7ccccc7)cc(-c7ccccc7)c6)n5)cc2c43)cc(C(C)(C)C)c1. The smallest absolute Gasteiger partial charge is 0.252 e. The third-order valence-corrected chi connectivity index (χ3v) is 18.6. The van der Waals surface area contributed by atoms with Crippen LogP contribution in [0.5, 0.6) is 0 Å². The van der Waals surface area contributed by atoms with Gasteiger partial charge >= 0.3 is 0 Å². The van der Waals surface area contributed by atoms with Crippen molar-refractivity contribution in [3.8, 4) is 78.4 Å². The molecule has 0 aliphatic carbocycles. The molecule has 0 amide bonds. The lowest BCUT2D eigenvalue weighted by molar-refractivity contribution is 0.568. The number of rotatable bonds is 9. The van der Waals surface area contributed by atoms with Crippen LogP contribution in [-0.4, -0.2) is 16.7 Å². The third-order valence-electron chi connectivity index (χ3n) is 18.6. The van der Waals surface area contributed by atoms with Crippen molar-refractivity contribution >= 4 is 57.2 Å². The van der Waals surface area contributed by atoms with Crippen molar-refractivity contribution in [2.75, 3.05) is 9.80 Å². The summed E-state index contributed by atoms with van der Waals surface area (Å²) >= 11 is 0. The van der Waals surface area contributed by atoms with Gasteiger partial charge in [0.25, 0.3) is 6.71 Å². The predicted octanol–water partition coefficient (Wildman–Crippen LogP) is 21.4. The van der Waals surface area contributed by atoms with E-state index in [9.17, 15) is 0 Å². The topological polar surface area (TPSA) is 32.3 Å². The van der Waals surface area contributed by atoms with Crippen molar-refractivity contribution in [1.29, 1.82) is 0 Å². The van der Waals surface area contributed by atoms with Crippen LogP contribution in [-0.2, 0) is 21.7 Å². The van der Waals surface area contributed by atoms with Gasteiger partial charge in [-0.3, -0.25) is 0 Å². The van der Waals surface area contributed by atoms with Crippen molar-refractivity contribution in [1.82, 2.24) is 9.97 Å². The molecule has 0 unspecified atom stereocenters. The molecule has 2 aliphatic rings. The Labute approximate surface area is 540 Å². The summed E-state index contributed by atoms with van der Waals surface area (Å²) < 4.78 is 0. The summed E-state index contributed by atoms with van der Waals surface area (Å²) in [7, 11) is 0. The van der Waals surface area contributed by atoms with Gasteiger partial charge in [0.1, 0.15) is 0 Å². The van der Waals surface area contributed by atoms with Crippen molar-refractivity contribution in [2.45, 2.75) is 105 Å². The molecule has 0 radical (unpaired) electrons. The van der Waals surface area contributed by atoms with Crippen molar-refractivity contribution in [3.63, 3.8) is 0 Å². The zero-order valence-electron chi connectivity index (χ0n) is 54.7. The molecule has 0 spiro atoms. The van der Waals surface area contributed by atoms with Gasteiger partial charge < -0.3 is 9.80 Å². The third kappa shape index (κ3) is 11.3. The molecule has 446 valence electrons. The number of nitrogens with zero attached hydrogens (tertiary/aromatic N) is 4. The van der Waals surface area contributed by atoms with E-state index in [0.717, 1.165) is 107 Å². The molecule has 0 N–H and O–H groups in total. The highest BCUT2D eigenvalue weighted by Crippen LogP contribution is 2.49. The minimum Gasteiger partial charge on any atom is -0.311 e. The van der Waals surface area contributed by atoms with E-state index in [4.69, 9.17) is 9.97 Å². The molecule has 1 aromatic heterocycles. The van der Waals surface area contributed by atoms with Gasteiger partial charge in [-0.25, -0.2) is 9.97 Å². The van der Waals surface area contributed by atoms with Gasteiger partial charge in [-0.2, -0.15) is 0 Å². The molecule has 12 aromatic rings. The van der Waals surface area contributed by atoms with E-state index in [1.807, 2.05) is 0 Å². The van der Waals surface area contributed by atoms with E-state index in [0.29, 0.717) is 5.82 Å². The lowest BCUT2D eigenvalue weighted by Crippen LogP contribution is -2.61. The standard InChI is InChI=1S/C86H79BN4/c1-83(2,3)67-49-68(84(4,5)6)52-71(51-67)90-77-39-27-25-37-73(77)87-74-38-26-28-40-78(74)91(72-53-69(85(7,8)9)50-70(54-72)86(10,11)12)80-48-66(47-79(90)81(80)87)82-88-75(64-43-60(56-29-17-13-18-30-56)41-61(44-64)57-31-19-14-20-32-57)55-76(89-82)65-45-62(58-33-21-15-22-34-58)42-63(46-65)59-35-23-16-24-36-59/h13-55H,1-12H3. The molecule has 0 saturated carbocycles. The second kappa shape index (κ2) is 22.6. The van der Waals surface area contributed by atoms with Gasteiger partial charge in [-0.1, -0.05) is 253 Å². The number of hydrogen-bond acceptors (Lipinski definition) is 4. The second-order valence-electron chi connectivity index (χ2n) is 29.2. The van der Waals surface area contributed by atoms with E-state index in [1.165, 1.54) is 38.6 Å². The molecule has 0 fully saturated rings. The number of aromatic nitrogens is 2. The summed E-state index contributed by atoms with van der Waals surface area (Å²) in [5.41, 5.74) is 28.8. The highest BCUT2D eigenvalue weighted by molar-refractivity contribution is 7.00. The molecule has 14 rings (SSSR count). The molecule has 3 heterocycles. The maximum Gasteiger partial charge on any atom is 0.252 e. The first-order chi connectivity index (χ1) is 43.6. The van der Waals surface area contributed by atoms with E-state index in [1.54, 1.807) is 0 Å².